The number of carbonyl (C=O) groups is 1. The van der Waals surface area contributed by atoms with Crippen molar-refractivity contribution >= 4 is 11.9 Å². The first-order valence-electron chi connectivity index (χ1n) is 3.94. The highest BCUT2D eigenvalue weighted by molar-refractivity contribution is 5.97. The van der Waals surface area contributed by atoms with Crippen LogP contribution in [-0.2, 0) is 4.79 Å². The summed E-state index contributed by atoms with van der Waals surface area (Å²) in [4.78, 5) is 10.4. The van der Waals surface area contributed by atoms with Crippen molar-refractivity contribution in [1.82, 2.24) is 0 Å². The van der Waals surface area contributed by atoms with Gasteiger partial charge in [-0.05, 0) is 23.8 Å². The maximum atomic E-state index is 12.4. The monoisotopic (exact) mass is 218 g/mol. The normalized spacial score (nSPS) is 12.0. The van der Waals surface area contributed by atoms with Crippen molar-refractivity contribution in [3.63, 3.8) is 0 Å². The molecule has 0 aliphatic heterocycles. The second-order valence-corrected chi connectivity index (χ2v) is 2.75. The minimum Gasteiger partial charge on any atom is -0.285 e. The Kier molecular flexibility index (Phi) is 3.24. The van der Waals surface area contributed by atoms with Crippen LogP contribution in [0.1, 0.15) is 5.56 Å². The number of benzene rings is 1. The van der Waals surface area contributed by atoms with Crippen LogP contribution in [0.3, 0.4) is 0 Å². The smallest absolute Gasteiger partial charge is 0.285 e. The summed E-state index contributed by atoms with van der Waals surface area (Å²) in [6, 6.07) is 4.74. The zero-order valence-corrected chi connectivity index (χ0v) is 7.38. The van der Waals surface area contributed by atoms with E-state index in [1.807, 2.05) is 0 Å². The summed E-state index contributed by atoms with van der Waals surface area (Å²) in [5.41, 5.74) is 0.328. The lowest BCUT2D eigenvalue weighted by atomic mass is 10.2. The van der Waals surface area contributed by atoms with Crippen molar-refractivity contribution in [3.8, 4) is 0 Å². The standard InChI is InChI=1S/C10H6F4O/c11-8-4-1-7(2-5-8)3-6-9(15)10(12,13)14/h1-6H/b6-3+. The molecular weight excluding hydrogens is 212 g/mol. The summed E-state index contributed by atoms with van der Waals surface area (Å²) in [7, 11) is 0. The Morgan fingerprint density at radius 3 is 2.13 bits per heavy atom. The molecule has 0 saturated heterocycles. The van der Waals surface area contributed by atoms with Gasteiger partial charge in [0.15, 0.2) is 0 Å². The minimum atomic E-state index is -4.86. The first-order valence-corrected chi connectivity index (χ1v) is 3.94. The maximum Gasteiger partial charge on any atom is 0.454 e. The number of carbonyl (C=O) groups excluding carboxylic acids is 1. The lowest BCUT2D eigenvalue weighted by molar-refractivity contribution is -0.165. The van der Waals surface area contributed by atoms with Crippen LogP contribution >= 0.6 is 0 Å². The molecule has 0 radical (unpaired) electrons. The quantitative estimate of drug-likeness (QED) is 0.551. The summed E-state index contributed by atoms with van der Waals surface area (Å²) in [5, 5.41) is 0. The van der Waals surface area contributed by atoms with Gasteiger partial charge in [-0.25, -0.2) is 4.39 Å². The summed E-state index contributed by atoms with van der Waals surface area (Å²) in [6.45, 7) is 0. The molecule has 0 amide bonds. The first-order chi connectivity index (χ1) is 6.89. The Labute approximate surface area is 83.0 Å². The molecule has 0 heterocycles. The van der Waals surface area contributed by atoms with Gasteiger partial charge in [0.2, 0.25) is 0 Å². The van der Waals surface area contributed by atoms with Crippen LogP contribution in [0, 0.1) is 5.82 Å². The van der Waals surface area contributed by atoms with Gasteiger partial charge in [-0.1, -0.05) is 18.2 Å². The van der Waals surface area contributed by atoms with Crippen LogP contribution in [-0.4, -0.2) is 12.0 Å². The molecule has 1 rings (SSSR count). The van der Waals surface area contributed by atoms with Gasteiger partial charge in [-0.15, -0.1) is 0 Å². The molecule has 0 atom stereocenters. The van der Waals surface area contributed by atoms with E-state index in [4.69, 9.17) is 0 Å². The third kappa shape index (κ3) is 3.53. The minimum absolute atomic E-state index is 0.328. The lowest BCUT2D eigenvalue weighted by Gasteiger charge is -1.99. The van der Waals surface area contributed by atoms with Crippen LogP contribution in [0.25, 0.3) is 6.08 Å². The average molecular weight is 218 g/mol. The number of hydrogen-bond donors (Lipinski definition) is 0. The molecule has 0 saturated carbocycles. The molecule has 0 N–H and O–H groups in total. The lowest BCUT2D eigenvalue weighted by Crippen LogP contribution is -2.19. The molecule has 0 aliphatic carbocycles. The molecule has 0 spiro atoms. The van der Waals surface area contributed by atoms with Crippen molar-refractivity contribution in [3.05, 3.63) is 41.7 Å². The van der Waals surface area contributed by atoms with Gasteiger partial charge in [0.05, 0.1) is 0 Å². The molecular formula is C10H6F4O. The van der Waals surface area contributed by atoms with Gasteiger partial charge in [0.1, 0.15) is 5.82 Å². The molecule has 0 unspecified atom stereocenters. The number of allylic oxidation sites excluding steroid dienone is 1. The second kappa shape index (κ2) is 4.25. The molecule has 0 bridgehead atoms. The van der Waals surface area contributed by atoms with E-state index in [1.165, 1.54) is 12.1 Å². The predicted octanol–water partition coefficient (Wildman–Crippen LogP) is 2.97. The molecule has 80 valence electrons. The Morgan fingerprint density at radius 2 is 1.67 bits per heavy atom. The molecule has 15 heavy (non-hydrogen) atoms. The summed E-state index contributed by atoms with van der Waals surface area (Å²) < 4.78 is 47.7. The first kappa shape index (κ1) is 11.4. The molecule has 0 fully saturated rings. The van der Waals surface area contributed by atoms with Gasteiger partial charge in [-0.3, -0.25) is 4.79 Å². The summed E-state index contributed by atoms with van der Waals surface area (Å²) >= 11 is 0. The fourth-order valence-electron chi connectivity index (χ4n) is 0.840. The molecule has 1 aromatic rings. The van der Waals surface area contributed by atoms with E-state index in [0.717, 1.165) is 18.2 Å². The van der Waals surface area contributed by atoms with E-state index >= 15 is 0 Å². The highest BCUT2D eigenvalue weighted by Crippen LogP contribution is 2.17. The van der Waals surface area contributed by atoms with E-state index in [1.54, 1.807) is 0 Å². The number of ketones is 1. The van der Waals surface area contributed by atoms with E-state index in [-0.39, 0.29) is 0 Å². The Morgan fingerprint density at radius 1 is 1.13 bits per heavy atom. The fraction of sp³-hybridized carbons (Fsp3) is 0.100. The third-order valence-electron chi connectivity index (χ3n) is 1.58. The SMILES string of the molecule is O=C(/C=C/c1ccc(F)cc1)C(F)(F)F. The van der Waals surface area contributed by atoms with Crippen LogP contribution in [0.2, 0.25) is 0 Å². The van der Waals surface area contributed by atoms with Crippen LogP contribution < -0.4 is 0 Å². The van der Waals surface area contributed by atoms with Gasteiger partial charge < -0.3 is 0 Å². The highest BCUT2D eigenvalue weighted by Gasteiger charge is 2.35. The maximum absolute atomic E-state index is 12.4. The Bertz CT molecular complexity index is 375. The molecule has 1 aromatic carbocycles. The number of halogens is 4. The average Bonchev–Trinajstić information content (AvgIpc) is 2.15. The Balaban J connectivity index is 2.74. The van der Waals surface area contributed by atoms with Gasteiger partial charge >= 0.3 is 6.18 Å². The largest absolute Gasteiger partial charge is 0.454 e. The summed E-state index contributed by atoms with van der Waals surface area (Å²) in [5.74, 6) is -2.43. The number of alkyl halides is 3. The molecule has 0 aromatic heterocycles. The molecule has 0 aliphatic rings. The predicted molar refractivity (Wildman–Crippen MR) is 46.5 cm³/mol. The zero-order chi connectivity index (χ0) is 11.5. The number of hydrogen-bond acceptors (Lipinski definition) is 1. The third-order valence-corrected chi connectivity index (χ3v) is 1.58. The fourth-order valence-corrected chi connectivity index (χ4v) is 0.840. The van der Waals surface area contributed by atoms with Crippen LogP contribution in [0.4, 0.5) is 17.6 Å². The van der Waals surface area contributed by atoms with Crippen molar-refractivity contribution in [1.29, 1.82) is 0 Å². The van der Waals surface area contributed by atoms with E-state index in [2.05, 4.69) is 0 Å². The topological polar surface area (TPSA) is 17.1 Å². The zero-order valence-electron chi connectivity index (χ0n) is 7.38. The van der Waals surface area contributed by atoms with E-state index in [0.29, 0.717) is 11.6 Å². The van der Waals surface area contributed by atoms with Crippen LogP contribution in [0.15, 0.2) is 30.3 Å². The summed E-state index contributed by atoms with van der Waals surface area (Å²) in [6.07, 6.45) is -3.47. The Hall–Kier alpha value is -1.65. The van der Waals surface area contributed by atoms with E-state index in [9.17, 15) is 22.4 Å². The number of rotatable bonds is 2. The highest BCUT2D eigenvalue weighted by atomic mass is 19.4. The second-order valence-electron chi connectivity index (χ2n) is 2.75. The van der Waals surface area contributed by atoms with Gasteiger partial charge in [0, 0.05) is 0 Å². The van der Waals surface area contributed by atoms with Crippen molar-refractivity contribution in [2.75, 3.05) is 0 Å². The van der Waals surface area contributed by atoms with Crippen molar-refractivity contribution in [2.45, 2.75) is 6.18 Å². The molecule has 5 heteroatoms. The van der Waals surface area contributed by atoms with Crippen molar-refractivity contribution in [2.24, 2.45) is 0 Å². The van der Waals surface area contributed by atoms with Crippen LogP contribution in [0.5, 0.6) is 0 Å². The molecule has 1 nitrogen and oxygen atoms in total. The van der Waals surface area contributed by atoms with Gasteiger partial charge in [0.25, 0.3) is 5.78 Å². The van der Waals surface area contributed by atoms with Crippen molar-refractivity contribution < 1.29 is 22.4 Å². The van der Waals surface area contributed by atoms with E-state index < -0.39 is 17.8 Å². The van der Waals surface area contributed by atoms with Gasteiger partial charge in [-0.2, -0.15) is 13.2 Å².